The molecule has 2 N–H and O–H groups in total. The van der Waals surface area contributed by atoms with Gasteiger partial charge in [-0.05, 0) is 24.0 Å². The summed E-state index contributed by atoms with van der Waals surface area (Å²) in [6, 6.07) is 4.36. The molecule has 1 heterocycles. The molecular formula is C12H16N2O. The van der Waals surface area contributed by atoms with Crippen molar-refractivity contribution in [3.05, 3.63) is 23.3 Å². The number of oxazole rings is 1. The summed E-state index contributed by atoms with van der Waals surface area (Å²) in [7, 11) is 0. The molecule has 3 nitrogen and oxygen atoms in total. The summed E-state index contributed by atoms with van der Waals surface area (Å²) in [5, 5.41) is 0. The highest BCUT2D eigenvalue weighted by Gasteiger charge is 2.20. The van der Waals surface area contributed by atoms with Crippen molar-refractivity contribution in [3.63, 3.8) is 0 Å². The molecule has 3 heteroatoms. The molecule has 0 atom stereocenters. The Labute approximate surface area is 89.3 Å². The van der Waals surface area contributed by atoms with E-state index in [0.29, 0.717) is 0 Å². The van der Waals surface area contributed by atoms with Crippen molar-refractivity contribution >= 4 is 17.1 Å². The first-order valence-corrected chi connectivity index (χ1v) is 5.05. The minimum absolute atomic E-state index is 0.0379. The standard InChI is InChI=1S/C12H16N2O/c1-7-5-8(12(2,3)4)10-9(6-7)14-11(13)15-10/h5-6H,1-4H3,(H2,13,14). The Balaban J connectivity index is 2.82. The van der Waals surface area contributed by atoms with E-state index in [1.54, 1.807) is 0 Å². The summed E-state index contributed by atoms with van der Waals surface area (Å²) in [6.07, 6.45) is 0. The number of hydrogen-bond donors (Lipinski definition) is 1. The van der Waals surface area contributed by atoms with Crippen LogP contribution in [0.3, 0.4) is 0 Å². The fraction of sp³-hybridized carbons (Fsp3) is 0.417. The van der Waals surface area contributed by atoms with Gasteiger partial charge in [0.25, 0.3) is 6.01 Å². The van der Waals surface area contributed by atoms with E-state index < -0.39 is 0 Å². The van der Waals surface area contributed by atoms with Crippen molar-refractivity contribution in [2.45, 2.75) is 33.1 Å². The summed E-state index contributed by atoms with van der Waals surface area (Å²) in [4.78, 5) is 4.16. The van der Waals surface area contributed by atoms with Crippen LogP contribution in [0.2, 0.25) is 0 Å². The Morgan fingerprint density at radius 1 is 1.27 bits per heavy atom. The van der Waals surface area contributed by atoms with Crippen LogP contribution in [0, 0.1) is 6.92 Å². The molecular weight excluding hydrogens is 188 g/mol. The lowest BCUT2D eigenvalue weighted by Crippen LogP contribution is -2.11. The monoisotopic (exact) mass is 204 g/mol. The van der Waals surface area contributed by atoms with Gasteiger partial charge in [-0.2, -0.15) is 4.98 Å². The molecule has 0 saturated heterocycles. The van der Waals surface area contributed by atoms with Gasteiger partial charge in [-0.25, -0.2) is 0 Å². The number of benzene rings is 1. The lowest BCUT2D eigenvalue weighted by molar-refractivity contribution is 0.563. The van der Waals surface area contributed by atoms with E-state index in [-0.39, 0.29) is 11.4 Å². The summed E-state index contributed by atoms with van der Waals surface area (Å²) in [5.41, 5.74) is 9.60. The molecule has 0 saturated carbocycles. The predicted molar refractivity (Wildman–Crippen MR) is 61.9 cm³/mol. The highest BCUT2D eigenvalue weighted by molar-refractivity contribution is 5.79. The average molecular weight is 204 g/mol. The largest absolute Gasteiger partial charge is 0.423 e. The molecule has 1 aromatic carbocycles. The zero-order chi connectivity index (χ0) is 11.2. The van der Waals surface area contributed by atoms with Crippen LogP contribution in [0.15, 0.2) is 16.5 Å². The SMILES string of the molecule is Cc1cc(C(C)(C)C)c2oc(N)nc2c1. The first kappa shape index (κ1) is 10.0. The highest BCUT2D eigenvalue weighted by Crippen LogP contribution is 2.32. The molecule has 0 aliphatic carbocycles. The molecule has 0 fully saturated rings. The number of nitrogens with two attached hydrogens (primary N) is 1. The third kappa shape index (κ3) is 1.69. The molecule has 0 bridgehead atoms. The van der Waals surface area contributed by atoms with Crippen LogP contribution in [0.25, 0.3) is 11.1 Å². The lowest BCUT2D eigenvalue weighted by atomic mass is 9.85. The molecule has 0 spiro atoms. The van der Waals surface area contributed by atoms with Crippen LogP contribution in [0.4, 0.5) is 6.01 Å². The van der Waals surface area contributed by atoms with Gasteiger partial charge in [-0.15, -0.1) is 0 Å². The maximum absolute atomic E-state index is 5.58. The van der Waals surface area contributed by atoms with E-state index in [2.05, 4.69) is 38.7 Å². The first-order valence-electron chi connectivity index (χ1n) is 5.05. The van der Waals surface area contributed by atoms with Crippen molar-refractivity contribution < 1.29 is 4.42 Å². The van der Waals surface area contributed by atoms with Gasteiger partial charge in [0.05, 0.1) is 0 Å². The van der Waals surface area contributed by atoms with Gasteiger partial charge in [-0.3, -0.25) is 0 Å². The molecule has 0 aliphatic heterocycles. The summed E-state index contributed by atoms with van der Waals surface area (Å²) >= 11 is 0. The second-order valence-electron chi connectivity index (χ2n) is 4.96. The van der Waals surface area contributed by atoms with Crippen LogP contribution in [-0.4, -0.2) is 4.98 Å². The number of anilines is 1. The fourth-order valence-electron chi connectivity index (χ4n) is 1.75. The third-order valence-corrected chi connectivity index (χ3v) is 2.46. The van der Waals surface area contributed by atoms with Crippen LogP contribution in [0.1, 0.15) is 31.9 Å². The third-order valence-electron chi connectivity index (χ3n) is 2.46. The van der Waals surface area contributed by atoms with Crippen molar-refractivity contribution in [2.24, 2.45) is 0 Å². The van der Waals surface area contributed by atoms with Crippen LogP contribution < -0.4 is 5.73 Å². The van der Waals surface area contributed by atoms with Crippen molar-refractivity contribution in [3.8, 4) is 0 Å². The molecule has 1 aromatic heterocycles. The number of fused-ring (bicyclic) bond motifs is 1. The molecule has 80 valence electrons. The van der Waals surface area contributed by atoms with Crippen LogP contribution in [-0.2, 0) is 5.41 Å². The Bertz CT molecular complexity index is 506. The number of nitrogen functional groups attached to an aromatic ring is 1. The second-order valence-corrected chi connectivity index (χ2v) is 4.96. The fourth-order valence-corrected chi connectivity index (χ4v) is 1.75. The number of aryl methyl sites for hydroxylation is 1. The van der Waals surface area contributed by atoms with Crippen LogP contribution >= 0.6 is 0 Å². The minimum Gasteiger partial charge on any atom is -0.423 e. The Hall–Kier alpha value is -1.51. The average Bonchev–Trinajstić information content (AvgIpc) is 2.41. The van der Waals surface area contributed by atoms with Gasteiger partial charge in [0.15, 0.2) is 5.58 Å². The Morgan fingerprint density at radius 3 is 2.53 bits per heavy atom. The van der Waals surface area contributed by atoms with E-state index in [0.717, 1.165) is 16.7 Å². The molecule has 2 aromatic rings. The number of rotatable bonds is 0. The summed E-state index contributed by atoms with van der Waals surface area (Å²) < 4.78 is 5.45. The molecule has 0 amide bonds. The Kier molecular flexibility index (Phi) is 2.00. The smallest absolute Gasteiger partial charge is 0.292 e. The number of nitrogens with zero attached hydrogens (tertiary/aromatic N) is 1. The lowest BCUT2D eigenvalue weighted by Gasteiger charge is -2.19. The van der Waals surface area contributed by atoms with Crippen molar-refractivity contribution in [1.29, 1.82) is 0 Å². The zero-order valence-electron chi connectivity index (χ0n) is 9.59. The van der Waals surface area contributed by atoms with Crippen molar-refractivity contribution in [2.75, 3.05) is 5.73 Å². The van der Waals surface area contributed by atoms with E-state index in [9.17, 15) is 0 Å². The van der Waals surface area contributed by atoms with E-state index in [1.807, 2.05) is 6.07 Å². The van der Waals surface area contributed by atoms with Gasteiger partial charge in [0.2, 0.25) is 0 Å². The molecule has 2 rings (SSSR count). The zero-order valence-corrected chi connectivity index (χ0v) is 9.59. The first-order chi connectivity index (χ1) is 6.88. The minimum atomic E-state index is 0.0379. The van der Waals surface area contributed by atoms with E-state index in [4.69, 9.17) is 10.2 Å². The molecule has 0 unspecified atom stereocenters. The topological polar surface area (TPSA) is 52.0 Å². The molecule has 0 radical (unpaired) electrons. The van der Waals surface area contributed by atoms with E-state index in [1.165, 1.54) is 5.56 Å². The van der Waals surface area contributed by atoms with Gasteiger partial charge in [-0.1, -0.05) is 26.8 Å². The van der Waals surface area contributed by atoms with Crippen molar-refractivity contribution in [1.82, 2.24) is 4.98 Å². The molecule has 15 heavy (non-hydrogen) atoms. The van der Waals surface area contributed by atoms with Gasteiger partial charge < -0.3 is 10.2 Å². The maximum Gasteiger partial charge on any atom is 0.292 e. The normalized spacial score (nSPS) is 12.3. The highest BCUT2D eigenvalue weighted by atomic mass is 16.4. The number of aromatic nitrogens is 1. The Morgan fingerprint density at radius 2 is 1.93 bits per heavy atom. The summed E-state index contributed by atoms with van der Waals surface area (Å²) in [5.74, 6) is 0. The second kappa shape index (κ2) is 2.99. The van der Waals surface area contributed by atoms with Gasteiger partial charge >= 0.3 is 0 Å². The summed E-state index contributed by atoms with van der Waals surface area (Å²) in [6.45, 7) is 8.51. The van der Waals surface area contributed by atoms with Gasteiger partial charge in [0, 0.05) is 5.56 Å². The van der Waals surface area contributed by atoms with E-state index >= 15 is 0 Å². The predicted octanol–water partition coefficient (Wildman–Crippen LogP) is 3.02. The quantitative estimate of drug-likeness (QED) is 0.717. The maximum atomic E-state index is 5.58. The van der Waals surface area contributed by atoms with Gasteiger partial charge in [0.1, 0.15) is 5.52 Å². The molecule has 0 aliphatic rings. The number of hydrogen-bond acceptors (Lipinski definition) is 3. The van der Waals surface area contributed by atoms with Crippen LogP contribution in [0.5, 0.6) is 0 Å².